The number of pyridine rings is 1. The lowest BCUT2D eigenvalue weighted by Crippen LogP contribution is -2.21. The number of halogens is 7. The lowest BCUT2D eigenvalue weighted by Gasteiger charge is -2.22. The van der Waals surface area contributed by atoms with E-state index in [0.29, 0.717) is 47.2 Å². The molecule has 12 nitrogen and oxygen atoms in total. The summed E-state index contributed by atoms with van der Waals surface area (Å²) < 4.78 is 85.0. The van der Waals surface area contributed by atoms with E-state index < -0.39 is 42.1 Å². The molecule has 0 bridgehead atoms. The Labute approximate surface area is 295 Å². The number of nitrogens with two attached hydrogens (primary N) is 1. The molecule has 7 N–H and O–H groups in total. The highest BCUT2D eigenvalue weighted by Crippen LogP contribution is 2.35. The molecule has 0 saturated heterocycles. The first-order chi connectivity index (χ1) is 24.8. The Morgan fingerprint density at radius 2 is 1.53 bits per heavy atom. The van der Waals surface area contributed by atoms with E-state index in [4.69, 9.17) is 30.3 Å². The van der Waals surface area contributed by atoms with Crippen LogP contribution >= 0.6 is 0 Å². The summed E-state index contributed by atoms with van der Waals surface area (Å²) in [5, 5.41) is 29.0. The van der Waals surface area contributed by atoms with E-state index in [1.165, 1.54) is 6.07 Å². The molecule has 53 heavy (non-hydrogen) atoms. The van der Waals surface area contributed by atoms with E-state index in [1.54, 1.807) is 42.7 Å². The highest BCUT2D eigenvalue weighted by Gasteiger charge is 2.39. The number of nitrogens with one attached hydrogen (secondary N) is 2. The second-order valence-corrected chi connectivity index (χ2v) is 10.6. The zero-order chi connectivity index (χ0) is 39.7. The summed E-state index contributed by atoms with van der Waals surface area (Å²) in [7, 11) is 0. The molecule has 5 rings (SSSR count). The number of aliphatic carboxylic acids is 2. The summed E-state index contributed by atoms with van der Waals surface area (Å²) in [6.45, 7) is 4.12. The van der Waals surface area contributed by atoms with E-state index in [1.807, 2.05) is 38.1 Å². The van der Waals surface area contributed by atoms with Gasteiger partial charge in [0.2, 0.25) is 0 Å². The molecule has 0 amide bonds. The molecule has 0 spiro atoms. The molecule has 0 saturated carbocycles. The largest absolute Gasteiger partial charge is 0.491 e. The van der Waals surface area contributed by atoms with Crippen molar-refractivity contribution in [3.8, 4) is 17.0 Å². The van der Waals surface area contributed by atoms with Crippen LogP contribution in [0.15, 0.2) is 73.1 Å². The molecule has 0 fully saturated rings. The molecule has 0 aliphatic rings. The van der Waals surface area contributed by atoms with Gasteiger partial charge in [0.15, 0.2) is 11.6 Å². The van der Waals surface area contributed by atoms with Gasteiger partial charge in [-0.1, -0.05) is 31.2 Å². The minimum atomic E-state index is -5.08. The van der Waals surface area contributed by atoms with Crippen LogP contribution in [0.25, 0.3) is 22.0 Å². The standard InChI is InChI=1S/C30H28FN5O3.2C2HF3O2/c1-3-17-13-23(26(31)25(14-17)39-4-2)27(35-19-9-10-20-18(15-19)11-12-33-28(20)32)29-34-16-24(36-29)21-7-5-6-8-22(21)30(37)38;2*3-2(4,5)1(6)7/h5-16,27,35H,3-4H2,1-2H3,(H2,32,33)(H,34,36)(H,37,38);2*(H,6,7). The second-order valence-electron chi connectivity index (χ2n) is 10.6. The van der Waals surface area contributed by atoms with Crippen LogP contribution in [-0.4, -0.2) is 67.1 Å². The van der Waals surface area contributed by atoms with Crippen molar-refractivity contribution in [1.29, 1.82) is 0 Å². The topological polar surface area (TPSA) is 201 Å². The van der Waals surface area contributed by atoms with Gasteiger partial charge in [-0.05, 0) is 60.7 Å². The number of aryl methyl sites for hydroxylation is 1. The maximum atomic E-state index is 15.9. The number of nitrogens with zero attached hydrogens (tertiary/aromatic N) is 2. The number of benzene rings is 3. The number of hydrogen-bond acceptors (Lipinski definition) is 8. The monoisotopic (exact) mass is 753 g/mol. The number of carbonyl (C=O) groups is 3. The van der Waals surface area contributed by atoms with Gasteiger partial charge in [-0.3, -0.25) is 0 Å². The number of rotatable bonds is 9. The third kappa shape index (κ3) is 10.8. The molecular formula is C34H30F7N5O7. The number of hydrogen-bond donors (Lipinski definition) is 6. The summed E-state index contributed by atoms with van der Waals surface area (Å²) >= 11 is 0. The number of nitrogen functional groups attached to an aromatic ring is 1. The summed E-state index contributed by atoms with van der Waals surface area (Å²) in [5.74, 6) is -6.06. The molecule has 19 heteroatoms. The fourth-order valence-electron chi connectivity index (χ4n) is 4.63. The van der Waals surface area contributed by atoms with Gasteiger partial charge in [-0.2, -0.15) is 26.3 Å². The van der Waals surface area contributed by atoms with Crippen LogP contribution in [0.1, 0.15) is 47.2 Å². The van der Waals surface area contributed by atoms with Crippen LogP contribution in [0, 0.1) is 5.82 Å². The highest BCUT2D eigenvalue weighted by molar-refractivity contribution is 5.95. The predicted octanol–water partition coefficient (Wildman–Crippen LogP) is 7.47. The maximum Gasteiger partial charge on any atom is 0.490 e. The number of carboxylic acid groups (broad SMARTS) is 3. The number of imidazole rings is 1. The SMILES string of the molecule is CCOc1cc(CC)cc(C(Nc2ccc3c(N)nccc3c2)c2ncc(-c3ccccc3C(=O)O)[nH]2)c1F.O=C(O)C(F)(F)F.O=C(O)C(F)(F)F. The van der Waals surface area contributed by atoms with Crippen LogP contribution in [0.5, 0.6) is 5.75 Å². The van der Waals surface area contributed by atoms with Crippen molar-refractivity contribution < 1.29 is 65.2 Å². The molecular weight excluding hydrogens is 723 g/mol. The minimum Gasteiger partial charge on any atom is -0.491 e. The maximum absolute atomic E-state index is 15.9. The molecule has 5 aromatic rings. The van der Waals surface area contributed by atoms with Crippen LogP contribution < -0.4 is 15.8 Å². The Kier molecular flexibility index (Phi) is 13.3. The number of aromatic carboxylic acids is 1. The van der Waals surface area contributed by atoms with Gasteiger partial charge in [0, 0.05) is 28.4 Å². The molecule has 0 aliphatic carbocycles. The normalized spacial score (nSPS) is 11.7. The number of anilines is 2. The zero-order valence-corrected chi connectivity index (χ0v) is 27.5. The number of ether oxygens (including phenoxy) is 1. The Morgan fingerprint density at radius 1 is 0.906 bits per heavy atom. The number of aromatic amines is 1. The first-order valence-corrected chi connectivity index (χ1v) is 15.1. The first-order valence-electron chi connectivity index (χ1n) is 15.1. The van der Waals surface area contributed by atoms with Gasteiger partial charge in [0.1, 0.15) is 17.7 Å². The fraction of sp³-hybridized carbons (Fsp3) is 0.206. The minimum absolute atomic E-state index is 0.135. The quantitative estimate of drug-likeness (QED) is 0.0816. The van der Waals surface area contributed by atoms with Crippen molar-refractivity contribution in [3.63, 3.8) is 0 Å². The summed E-state index contributed by atoms with van der Waals surface area (Å²) in [6.07, 6.45) is -6.29. The molecule has 0 radical (unpaired) electrons. The Hall–Kier alpha value is -6.40. The van der Waals surface area contributed by atoms with Crippen LogP contribution in [0.4, 0.5) is 42.2 Å². The molecule has 2 aromatic heterocycles. The van der Waals surface area contributed by atoms with E-state index in [0.717, 1.165) is 16.3 Å². The molecule has 1 atom stereocenters. The summed E-state index contributed by atoms with van der Waals surface area (Å²) in [4.78, 5) is 41.5. The number of fused-ring (bicyclic) bond motifs is 1. The highest BCUT2D eigenvalue weighted by atomic mass is 19.4. The van der Waals surface area contributed by atoms with Crippen molar-refractivity contribution in [2.75, 3.05) is 17.7 Å². The van der Waals surface area contributed by atoms with Crippen molar-refractivity contribution in [2.45, 2.75) is 38.7 Å². The summed E-state index contributed by atoms with van der Waals surface area (Å²) in [6, 6.07) is 16.9. The van der Waals surface area contributed by atoms with Crippen molar-refractivity contribution in [1.82, 2.24) is 15.0 Å². The van der Waals surface area contributed by atoms with Gasteiger partial charge < -0.3 is 36.1 Å². The van der Waals surface area contributed by atoms with Crippen LogP contribution in [-0.2, 0) is 16.0 Å². The number of aromatic nitrogens is 3. The van der Waals surface area contributed by atoms with E-state index in [2.05, 4.69) is 20.3 Å². The number of carboxylic acids is 3. The smallest absolute Gasteiger partial charge is 0.490 e. The van der Waals surface area contributed by atoms with Crippen molar-refractivity contribution in [3.05, 3.63) is 101 Å². The number of alkyl halides is 6. The van der Waals surface area contributed by atoms with Crippen LogP contribution in [0.3, 0.4) is 0 Å². The van der Waals surface area contributed by atoms with Gasteiger partial charge in [-0.15, -0.1) is 0 Å². The zero-order valence-electron chi connectivity index (χ0n) is 27.5. The summed E-state index contributed by atoms with van der Waals surface area (Å²) in [5.41, 5.74) is 9.11. The third-order valence-corrected chi connectivity index (χ3v) is 7.05. The van der Waals surface area contributed by atoms with E-state index in [-0.39, 0.29) is 11.3 Å². The lowest BCUT2D eigenvalue weighted by molar-refractivity contribution is -0.193. The van der Waals surface area contributed by atoms with Crippen molar-refractivity contribution in [2.24, 2.45) is 0 Å². The lowest BCUT2D eigenvalue weighted by atomic mass is 9.99. The molecule has 2 heterocycles. The van der Waals surface area contributed by atoms with Crippen molar-refractivity contribution >= 4 is 40.2 Å². The second kappa shape index (κ2) is 17.2. The van der Waals surface area contributed by atoms with E-state index >= 15 is 4.39 Å². The molecule has 282 valence electrons. The predicted molar refractivity (Wildman–Crippen MR) is 177 cm³/mol. The molecule has 0 aliphatic heterocycles. The Morgan fingerprint density at radius 3 is 2.09 bits per heavy atom. The van der Waals surface area contributed by atoms with Gasteiger partial charge in [0.05, 0.1) is 24.1 Å². The first kappa shape index (κ1) is 41.0. The Bertz CT molecular complexity index is 2060. The third-order valence-electron chi connectivity index (χ3n) is 7.05. The average Bonchev–Trinajstić information content (AvgIpc) is 3.58. The molecule has 1 unspecified atom stereocenters. The van der Waals surface area contributed by atoms with Gasteiger partial charge >= 0.3 is 30.3 Å². The number of H-pyrrole nitrogens is 1. The Balaban J connectivity index is 0.000000458. The fourth-order valence-corrected chi connectivity index (χ4v) is 4.63. The average molecular weight is 754 g/mol. The van der Waals surface area contributed by atoms with Gasteiger partial charge in [-0.25, -0.2) is 28.7 Å². The van der Waals surface area contributed by atoms with Crippen LogP contribution in [0.2, 0.25) is 0 Å². The van der Waals surface area contributed by atoms with E-state index in [9.17, 15) is 36.2 Å². The molecule has 3 aromatic carbocycles. The van der Waals surface area contributed by atoms with Gasteiger partial charge in [0.25, 0.3) is 0 Å².